The number of para-hydroxylation sites is 1. The Labute approximate surface area is 121 Å². The monoisotopic (exact) mass is 354 g/mol. The summed E-state index contributed by atoms with van der Waals surface area (Å²) in [4.78, 5) is 0. The molecule has 0 saturated heterocycles. The molecular weight excluding hydrogens is 339 g/mol. The van der Waals surface area contributed by atoms with Crippen molar-refractivity contribution >= 4 is 22.6 Å². The first kappa shape index (κ1) is 13.2. The van der Waals surface area contributed by atoms with Gasteiger partial charge in [-0.15, -0.1) is 0 Å². The number of benzene rings is 2. The van der Waals surface area contributed by atoms with Crippen LogP contribution in [0.3, 0.4) is 0 Å². The van der Waals surface area contributed by atoms with Crippen molar-refractivity contribution in [1.82, 2.24) is 0 Å². The van der Waals surface area contributed by atoms with E-state index in [0.717, 1.165) is 17.2 Å². The molecule has 2 rings (SSSR count). The second-order valence-electron chi connectivity index (χ2n) is 4.35. The average Bonchev–Trinajstić information content (AvgIpc) is 2.31. The van der Waals surface area contributed by atoms with Gasteiger partial charge in [-0.1, -0.05) is 18.2 Å². The maximum atomic E-state index is 5.74. The van der Waals surface area contributed by atoms with Crippen LogP contribution in [-0.2, 0) is 0 Å². The maximum Gasteiger partial charge on any atom is 0.153 e. The lowest BCUT2D eigenvalue weighted by molar-refractivity contribution is 0.225. The molecule has 2 aromatic rings. The average molecular weight is 354 g/mol. The van der Waals surface area contributed by atoms with Crippen LogP contribution in [0.4, 0.5) is 0 Å². The summed E-state index contributed by atoms with van der Waals surface area (Å²) in [7, 11) is 0. The van der Waals surface area contributed by atoms with Gasteiger partial charge in [0.05, 0.1) is 0 Å². The molecule has 0 amide bonds. The third-order valence-electron chi connectivity index (χ3n) is 2.16. The first-order valence-electron chi connectivity index (χ1n) is 5.74. The Morgan fingerprint density at radius 3 is 1.83 bits per heavy atom. The lowest BCUT2D eigenvalue weighted by Crippen LogP contribution is -2.18. The van der Waals surface area contributed by atoms with Crippen LogP contribution < -0.4 is 9.47 Å². The van der Waals surface area contributed by atoms with Crippen LogP contribution in [0.2, 0.25) is 0 Å². The van der Waals surface area contributed by atoms with Crippen molar-refractivity contribution in [2.45, 2.75) is 17.5 Å². The van der Waals surface area contributed by atoms with Crippen molar-refractivity contribution in [2.75, 3.05) is 0 Å². The second-order valence-corrected chi connectivity index (χ2v) is 6.95. The fourth-order valence-corrected chi connectivity index (χ4v) is 1.73. The summed E-state index contributed by atoms with van der Waals surface area (Å²) >= 11 is 2.25. The van der Waals surface area contributed by atoms with Gasteiger partial charge in [0.15, 0.2) is 3.61 Å². The second kappa shape index (κ2) is 5.61. The van der Waals surface area contributed by atoms with Crippen molar-refractivity contribution in [2.24, 2.45) is 0 Å². The SMILES string of the molecule is CC(C)(I)Oc1ccc(Oc2ccccc2)cc1. The number of hydrogen-bond donors (Lipinski definition) is 0. The summed E-state index contributed by atoms with van der Waals surface area (Å²) in [5.74, 6) is 2.48. The van der Waals surface area contributed by atoms with Gasteiger partial charge in [0.25, 0.3) is 0 Å². The highest BCUT2D eigenvalue weighted by atomic mass is 127. The fourth-order valence-electron chi connectivity index (χ4n) is 1.48. The first-order chi connectivity index (χ1) is 8.53. The van der Waals surface area contributed by atoms with E-state index in [-0.39, 0.29) is 3.61 Å². The number of halogens is 1. The maximum absolute atomic E-state index is 5.74. The minimum absolute atomic E-state index is 0.209. The van der Waals surface area contributed by atoms with Crippen LogP contribution in [0.25, 0.3) is 0 Å². The molecule has 0 fully saturated rings. The zero-order valence-corrected chi connectivity index (χ0v) is 12.5. The molecule has 0 saturated carbocycles. The van der Waals surface area contributed by atoms with Crippen LogP contribution in [0, 0.1) is 0 Å². The summed E-state index contributed by atoms with van der Waals surface area (Å²) in [6, 6.07) is 17.4. The van der Waals surface area contributed by atoms with Crippen molar-refractivity contribution in [1.29, 1.82) is 0 Å². The van der Waals surface area contributed by atoms with E-state index in [1.807, 2.05) is 68.4 Å². The molecule has 0 aliphatic carbocycles. The molecule has 0 heterocycles. The molecule has 0 aromatic heterocycles. The van der Waals surface area contributed by atoms with Crippen molar-refractivity contribution in [3.05, 3.63) is 54.6 Å². The lowest BCUT2D eigenvalue weighted by Gasteiger charge is -2.19. The largest absolute Gasteiger partial charge is 0.478 e. The lowest BCUT2D eigenvalue weighted by atomic mass is 10.3. The van der Waals surface area contributed by atoms with Gasteiger partial charge in [0, 0.05) is 0 Å². The van der Waals surface area contributed by atoms with Crippen molar-refractivity contribution in [3.8, 4) is 17.2 Å². The quantitative estimate of drug-likeness (QED) is 0.566. The normalized spacial score (nSPS) is 11.1. The van der Waals surface area contributed by atoms with Gasteiger partial charge >= 0.3 is 0 Å². The Bertz CT molecular complexity index is 486. The van der Waals surface area contributed by atoms with Crippen molar-refractivity contribution in [3.63, 3.8) is 0 Å². The highest BCUT2D eigenvalue weighted by Crippen LogP contribution is 2.27. The summed E-state index contributed by atoms with van der Waals surface area (Å²) in [6.45, 7) is 4.03. The number of alkyl halides is 1. The van der Waals surface area contributed by atoms with Gasteiger partial charge in [-0.05, 0) is 72.8 Å². The highest BCUT2D eigenvalue weighted by molar-refractivity contribution is 14.1. The Kier molecular flexibility index (Phi) is 4.11. The molecule has 0 aliphatic rings. The van der Waals surface area contributed by atoms with E-state index >= 15 is 0 Å². The molecule has 0 aliphatic heterocycles. The van der Waals surface area contributed by atoms with Crippen LogP contribution >= 0.6 is 22.6 Å². The van der Waals surface area contributed by atoms with E-state index in [1.54, 1.807) is 0 Å². The Hall–Kier alpha value is -1.23. The van der Waals surface area contributed by atoms with Gasteiger partial charge in [-0.25, -0.2) is 0 Å². The van der Waals surface area contributed by atoms with Gasteiger partial charge in [-0.2, -0.15) is 0 Å². The van der Waals surface area contributed by atoms with E-state index in [0.29, 0.717) is 0 Å². The molecule has 0 spiro atoms. The molecule has 0 atom stereocenters. The summed E-state index contributed by atoms with van der Waals surface area (Å²) in [5, 5.41) is 0. The zero-order chi connectivity index (χ0) is 13.0. The van der Waals surface area contributed by atoms with Crippen molar-refractivity contribution < 1.29 is 9.47 Å². The molecule has 0 N–H and O–H groups in total. The summed E-state index contributed by atoms with van der Waals surface area (Å²) in [5.41, 5.74) is 0. The van der Waals surface area contributed by atoms with E-state index in [1.165, 1.54) is 0 Å². The molecule has 0 bridgehead atoms. The minimum atomic E-state index is -0.209. The first-order valence-corrected chi connectivity index (χ1v) is 6.82. The van der Waals surface area contributed by atoms with Crippen LogP contribution in [0.5, 0.6) is 17.2 Å². The number of hydrogen-bond acceptors (Lipinski definition) is 2. The predicted octanol–water partition coefficient (Wildman–Crippen LogP) is 5.03. The molecule has 3 heteroatoms. The van der Waals surface area contributed by atoms with Crippen LogP contribution in [0.1, 0.15) is 13.8 Å². The number of rotatable bonds is 4. The van der Waals surface area contributed by atoms with E-state index in [9.17, 15) is 0 Å². The predicted molar refractivity (Wildman–Crippen MR) is 81.7 cm³/mol. The Morgan fingerprint density at radius 2 is 1.28 bits per heavy atom. The molecular formula is C15H15IO2. The summed E-state index contributed by atoms with van der Waals surface area (Å²) in [6.07, 6.45) is 0. The van der Waals surface area contributed by atoms with Gasteiger partial charge in [0.1, 0.15) is 17.2 Å². The third kappa shape index (κ3) is 4.22. The minimum Gasteiger partial charge on any atom is -0.478 e. The third-order valence-corrected chi connectivity index (χ3v) is 2.38. The molecule has 0 radical (unpaired) electrons. The van der Waals surface area contributed by atoms with E-state index in [2.05, 4.69) is 22.6 Å². The molecule has 2 aromatic carbocycles. The van der Waals surface area contributed by atoms with Gasteiger partial charge in [-0.3, -0.25) is 0 Å². The molecule has 94 valence electrons. The standard InChI is InChI=1S/C15H15IO2/c1-15(2,16)18-14-10-8-13(9-11-14)17-12-6-4-3-5-7-12/h3-11H,1-2H3. The summed E-state index contributed by atoms with van der Waals surface area (Å²) < 4.78 is 11.2. The highest BCUT2D eigenvalue weighted by Gasteiger charge is 2.13. The van der Waals surface area contributed by atoms with Gasteiger partial charge in [0.2, 0.25) is 0 Å². The molecule has 2 nitrogen and oxygen atoms in total. The number of ether oxygens (including phenoxy) is 2. The van der Waals surface area contributed by atoms with Crippen LogP contribution in [0.15, 0.2) is 54.6 Å². The molecule has 0 unspecified atom stereocenters. The topological polar surface area (TPSA) is 18.5 Å². The van der Waals surface area contributed by atoms with Gasteiger partial charge < -0.3 is 9.47 Å². The van der Waals surface area contributed by atoms with E-state index < -0.39 is 0 Å². The molecule has 18 heavy (non-hydrogen) atoms. The smallest absolute Gasteiger partial charge is 0.153 e. The zero-order valence-electron chi connectivity index (χ0n) is 10.4. The Balaban J connectivity index is 2.04. The van der Waals surface area contributed by atoms with E-state index in [4.69, 9.17) is 9.47 Å². The fraction of sp³-hybridized carbons (Fsp3) is 0.200. The van der Waals surface area contributed by atoms with Crippen LogP contribution in [-0.4, -0.2) is 3.61 Å². The Morgan fingerprint density at radius 1 is 0.778 bits per heavy atom.